The Labute approximate surface area is 140 Å². The molecular formula is C14H11BrN4O2S. The number of hydrogen-bond acceptors (Lipinski definition) is 4. The van der Waals surface area contributed by atoms with Gasteiger partial charge in [0.15, 0.2) is 5.11 Å². The number of nitro groups is 1. The van der Waals surface area contributed by atoms with E-state index in [4.69, 9.17) is 18.0 Å². The lowest BCUT2D eigenvalue weighted by Gasteiger charge is -2.08. The van der Waals surface area contributed by atoms with Gasteiger partial charge >= 0.3 is 0 Å². The quantitative estimate of drug-likeness (QED) is 0.369. The summed E-state index contributed by atoms with van der Waals surface area (Å²) in [4.78, 5) is 10.3. The topological polar surface area (TPSA) is 93.5 Å². The Morgan fingerprint density at radius 1 is 1.23 bits per heavy atom. The second-order valence-corrected chi connectivity index (χ2v) is 5.61. The molecule has 0 amide bonds. The van der Waals surface area contributed by atoms with Gasteiger partial charge in [0.1, 0.15) is 0 Å². The normalized spacial score (nSPS) is 11.0. The Balaban J connectivity index is 2.46. The van der Waals surface area contributed by atoms with Gasteiger partial charge in [-0.3, -0.25) is 15.5 Å². The van der Waals surface area contributed by atoms with Crippen LogP contribution >= 0.6 is 28.1 Å². The second kappa shape index (κ2) is 7.10. The molecule has 2 aromatic rings. The average Bonchev–Trinajstić information content (AvgIpc) is 2.48. The van der Waals surface area contributed by atoms with Gasteiger partial charge in [-0.25, -0.2) is 0 Å². The zero-order chi connectivity index (χ0) is 16.1. The fourth-order valence-electron chi connectivity index (χ4n) is 1.78. The molecule has 0 aliphatic carbocycles. The van der Waals surface area contributed by atoms with Crippen molar-refractivity contribution in [2.75, 3.05) is 0 Å². The third-order valence-corrected chi connectivity index (χ3v) is 3.31. The van der Waals surface area contributed by atoms with Crippen molar-refractivity contribution in [2.45, 2.75) is 0 Å². The van der Waals surface area contributed by atoms with Crippen molar-refractivity contribution in [2.24, 2.45) is 10.8 Å². The number of thiocarbonyl (C=S) groups is 1. The summed E-state index contributed by atoms with van der Waals surface area (Å²) in [5, 5.41) is 15.0. The molecule has 0 fully saturated rings. The molecule has 0 radical (unpaired) electrons. The highest BCUT2D eigenvalue weighted by molar-refractivity contribution is 9.10. The molecule has 0 heterocycles. The van der Waals surface area contributed by atoms with Crippen molar-refractivity contribution in [3.8, 4) is 0 Å². The van der Waals surface area contributed by atoms with Gasteiger partial charge in [-0.2, -0.15) is 5.10 Å². The summed E-state index contributed by atoms with van der Waals surface area (Å²) in [6.07, 6.45) is 0. The maximum Gasteiger partial charge on any atom is 0.269 e. The number of hydrogen-bond donors (Lipinski definition) is 2. The molecule has 0 spiro atoms. The molecule has 0 saturated heterocycles. The van der Waals surface area contributed by atoms with Crippen molar-refractivity contribution < 1.29 is 4.92 Å². The van der Waals surface area contributed by atoms with Crippen molar-refractivity contribution in [1.82, 2.24) is 5.43 Å². The summed E-state index contributed by atoms with van der Waals surface area (Å²) in [6.45, 7) is 0. The molecule has 0 atom stereocenters. The van der Waals surface area contributed by atoms with E-state index in [-0.39, 0.29) is 10.8 Å². The summed E-state index contributed by atoms with van der Waals surface area (Å²) in [5.41, 5.74) is 10.1. The number of nitro benzene ring substituents is 1. The van der Waals surface area contributed by atoms with Crippen LogP contribution in [0.2, 0.25) is 0 Å². The number of benzene rings is 2. The van der Waals surface area contributed by atoms with Crippen LogP contribution in [0, 0.1) is 10.1 Å². The average molecular weight is 379 g/mol. The molecule has 112 valence electrons. The highest BCUT2D eigenvalue weighted by atomic mass is 79.9. The Hall–Kier alpha value is -2.32. The molecule has 2 rings (SSSR count). The van der Waals surface area contributed by atoms with Crippen LogP contribution in [0.25, 0.3) is 0 Å². The van der Waals surface area contributed by atoms with Crippen LogP contribution in [0.15, 0.2) is 58.1 Å². The van der Waals surface area contributed by atoms with Gasteiger partial charge in [0.2, 0.25) is 0 Å². The molecule has 22 heavy (non-hydrogen) atoms. The molecule has 0 aliphatic rings. The summed E-state index contributed by atoms with van der Waals surface area (Å²) >= 11 is 8.15. The van der Waals surface area contributed by atoms with Crippen LogP contribution in [0.5, 0.6) is 0 Å². The van der Waals surface area contributed by atoms with E-state index in [0.29, 0.717) is 11.3 Å². The first-order valence-corrected chi connectivity index (χ1v) is 7.31. The van der Waals surface area contributed by atoms with Crippen LogP contribution < -0.4 is 11.2 Å². The summed E-state index contributed by atoms with van der Waals surface area (Å²) in [7, 11) is 0. The van der Waals surface area contributed by atoms with Crippen LogP contribution in [-0.2, 0) is 0 Å². The van der Waals surface area contributed by atoms with Crippen molar-refractivity contribution in [3.63, 3.8) is 0 Å². The van der Waals surface area contributed by atoms with Crippen molar-refractivity contribution in [1.29, 1.82) is 0 Å². The zero-order valence-electron chi connectivity index (χ0n) is 11.2. The van der Waals surface area contributed by atoms with Crippen molar-refractivity contribution in [3.05, 3.63) is 74.2 Å². The highest BCUT2D eigenvalue weighted by Gasteiger charge is 2.11. The van der Waals surface area contributed by atoms with E-state index in [0.717, 1.165) is 10.0 Å². The molecule has 0 aliphatic heterocycles. The van der Waals surface area contributed by atoms with E-state index < -0.39 is 4.92 Å². The van der Waals surface area contributed by atoms with E-state index >= 15 is 0 Å². The molecule has 0 aromatic heterocycles. The Morgan fingerprint density at radius 2 is 1.91 bits per heavy atom. The lowest BCUT2D eigenvalue weighted by atomic mass is 10.0. The number of nitrogens with one attached hydrogen (secondary N) is 1. The van der Waals surface area contributed by atoms with Gasteiger partial charge in [0, 0.05) is 27.7 Å². The predicted molar refractivity (Wildman–Crippen MR) is 92.8 cm³/mol. The lowest BCUT2D eigenvalue weighted by molar-refractivity contribution is -0.384. The van der Waals surface area contributed by atoms with Gasteiger partial charge in [0.25, 0.3) is 5.69 Å². The predicted octanol–water partition coefficient (Wildman–Crippen LogP) is 2.94. The third-order valence-electron chi connectivity index (χ3n) is 2.73. The van der Waals surface area contributed by atoms with Crippen LogP contribution in [0.3, 0.4) is 0 Å². The fraction of sp³-hybridized carbons (Fsp3) is 0. The molecule has 0 unspecified atom stereocenters. The van der Waals surface area contributed by atoms with E-state index in [1.54, 1.807) is 12.1 Å². The third kappa shape index (κ3) is 4.09. The summed E-state index contributed by atoms with van der Waals surface area (Å²) < 4.78 is 0.884. The van der Waals surface area contributed by atoms with E-state index in [2.05, 4.69) is 26.5 Å². The first kappa shape index (κ1) is 16.1. The number of non-ortho nitro benzene ring substituents is 1. The van der Waals surface area contributed by atoms with E-state index in [1.165, 1.54) is 12.1 Å². The maximum absolute atomic E-state index is 10.7. The zero-order valence-corrected chi connectivity index (χ0v) is 13.6. The Kier molecular flexibility index (Phi) is 5.18. The first-order valence-electron chi connectivity index (χ1n) is 6.11. The highest BCUT2D eigenvalue weighted by Crippen LogP contribution is 2.18. The number of halogens is 1. The monoisotopic (exact) mass is 378 g/mol. The largest absolute Gasteiger partial charge is 0.375 e. The van der Waals surface area contributed by atoms with Crippen LogP contribution in [0.1, 0.15) is 11.1 Å². The van der Waals surface area contributed by atoms with Gasteiger partial charge < -0.3 is 5.73 Å². The molecule has 6 nitrogen and oxygen atoms in total. The SMILES string of the molecule is NC(=S)NN=C(c1ccc([N+](=O)[O-])cc1)c1cccc(Br)c1. The maximum atomic E-state index is 10.7. The van der Waals surface area contributed by atoms with Gasteiger partial charge in [-0.05, 0) is 36.5 Å². The van der Waals surface area contributed by atoms with Crippen molar-refractivity contribution >= 4 is 44.7 Å². The molecule has 2 aromatic carbocycles. The fourth-order valence-corrected chi connectivity index (χ4v) is 2.23. The molecule has 8 heteroatoms. The Morgan fingerprint density at radius 3 is 2.45 bits per heavy atom. The Bertz CT molecular complexity index is 747. The van der Waals surface area contributed by atoms with Gasteiger partial charge in [0.05, 0.1) is 10.6 Å². The van der Waals surface area contributed by atoms with Crippen LogP contribution in [-0.4, -0.2) is 15.7 Å². The van der Waals surface area contributed by atoms with E-state index in [1.807, 2.05) is 24.3 Å². The second-order valence-electron chi connectivity index (χ2n) is 4.25. The van der Waals surface area contributed by atoms with Gasteiger partial charge in [-0.15, -0.1) is 0 Å². The number of hydrazone groups is 1. The summed E-state index contributed by atoms with van der Waals surface area (Å²) in [6, 6.07) is 13.6. The van der Waals surface area contributed by atoms with E-state index in [9.17, 15) is 10.1 Å². The van der Waals surface area contributed by atoms with Gasteiger partial charge in [-0.1, -0.05) is 28.1 Å². The minimum Gasteiger partial charge on any atom is -0.375 e. The molecule has 0 bridgehead atoms. The lowest BCUT2D eigenvalue weighted by Crippen LogP contribution is -2.26. The number of nitrogens with two attached hydrogens (primary N) is 1. The summed E-state index contributed by atoms with van der Waals surface area (Å²) in [5.74, 6) is 0. The molecule has 3 N–H and O–H groups in total. The minimum absolute atomic E-state index is 0.0136. The molecular weight excluding hydrogens is 368 g/mol. The first-order chi connectivity index (χ1) is 10.5. The number of nitrogens with zero attached hydrogens (tertiary/aromatic N) is 2. The standard InChI is InChI=1S/C14H11BrN4O2S/c15-11-3-1-2-10(8-11)13(17-18-14(16)22)9-4-6-12(7-5-9)19(20)21/h1-8H,(H3,16,18,22). The number of rotatable bonds is 4. The minimum atomic E-state index is -0.451. The molecule has 0 saturated carbocycles. The van der Waals surface area contributed by atoms with Crippen LogP contribution in [0.4, 0.5) is 5.69 Å². The smallest absolute Gasteiger partial charge is 0.269 e.